The van der Waals surface area contributed by atoms with Crippen LogP contribution in [0.2, 0.25) is 0 Å². The van der Waals surface area contributed by atoms with Crippen molar-refractivity contribution in [3.05, 3.63) is 81.8 Å². The lowest BCUT2D eigenvalue weighted by atomic mass is 10.0. The molecule has 3 aromatic carbocycles. The number of hydrogen-bond donors (Lipinski definition) is 0. The molecule has 0 saturated carbocycles. The first-order chi connectivity index (χ1) is 12.5. The fourth-order valence-electron chi connectivity index (χ4n) is 2.91. The summed E-state index contributed by atoms with van der Waals surface area (Å²) in [6.45, 7) is 6.15. The first-order valence-electron chi connectivity index (χ1n) is 8.63. The van der Waals surface area contributed by atoms with Crippen LogP contribution in [-0.2, 0) is 4.79 Å². The number of ether oxygens (including phenoxy) is 1. The molecule has 0 fully saturated rings. The Morgan fingerprint density at radius 2 is 1.81 bits per heavy atom. The summed E-state index contributed by atoms with van der Waals surface area (Å²) in [5.41, 5.74) is 3.04. The predicted octanol–water partition coefficient (Wildman–Crippen LogP) is 6.65. The Kier molecular flexibility index (Phi) is 5.58. The van der Waals surface area contributed by atoms with Crippen LogP contribution >= 0.6 is 15.9 Å². The lowest BCUT2D eigenvalue weighted by molar-refractivity contribution is -0.128. The normalized spacial score (nSPS) is 11.4. The zero-order valence-corrected chi connectivity index (χ0v) is 16.7. The van der Waals surface area contributed by atoms with Gasteiger partial charge in [-0.25, -0.2) is 4.79 Å². The highest BCUT2D eigenvalue weighted by atomic mass is 79.9. The van der Waals surface area contributed by atoms with Crippen LogP contribution in [0.1, 0.15) is 36.5 Å². The number of rotatable bonds is 4. The number of fused-ring (bicyclic) bond motifs is 1. The highest BCUT2D eigenvalue weighted by Gasteiger charge is 2.13. The van der Waals surface area contributed by atoms with Gasteiger partial charge in [-0.05, 0) is 58.5 Å². The van der Waals surface area contributed by atoms with Crippen molar-refractivity contribution in [3.8, 4) is 5.75 Å². The first-order valence-corrected chi connectivity index (χ1v) is 9.42. The quantitative estimate of drug-likeness (QED) is 0.274. The second kappa shape index (κ2) is 7.88. The van der Waals surface area contributed by atoms with E-state index in [0.717, 1.165) is 31.9 Å². The average molecular weight is 409 g/mol. The Balaban J connectivity index is 1.85. The van der Waals surface area contributed by atoms with Gasteiger partial charge < -0.3 is 4.74 Å². The highest BCUT2D eigenvalue weighted by molar-refractivity contribution is 9.10. The Morgan fingerprint density at radius 1 is 1.08 bits per heavy atom. The summed E-state index contributed by atoms with van der Waals surface area (Å²) in [7, 11) is 0. The van der Waals surface area contributed by atoms with Gasteiger partial charge in [-0.2, -0.15) is 0 Å². The van der Waals surface area contributed by atoms with Crippen molar-refractivity contribution >= 4 is 38.7 Å². The molecule has 26 heavy (non-hydrogen) atoms. The maximum atomic E-state index is 12.4. The number of esters is 1. The molecule has 0 aliphatic carbocycles. The molecule has 0 saturated heterocycles. The van der Waals surface area contributed by atoms with Gasteiger partial charge in [0.15, 0.2) is 0 Å². The van der Waals surface area contributed by atoms with Gasteiger partial charge in [-0.3, -0.25) is 0 Å². The molecule has 0 aromatic heterocycles. The second-order valence-electron chi connectivity index (χ2n) is 6.62. The van der Waals surface area contributed by atoms with Crippen LogP contribution in [0.15, 0.2) is 65.1 Å². The van der Waals surface area contributed by atoms with E-state index in [0.29, 0.717) is 5.75 Å². The van der Waals surface area contributed by atoms with Gasteiger partial charge in [0.25, 0.3) is 0 Å². The molecular formula is C23H21BrO2. The summed E-state index contributed by atoms with van der Waals surface area (Å²) in [6, 6.07) is 18.1. The monoisotopic (exact) mass is 408 g/mol. The maximum absolute atomic E-state index is 12.4. The van der Waals surface area contributed by atoms with Crippen molar-refractivity contribution in [2.24, 2.45) is 0 Å². The molecular weight excluding hydrogens is 388 g/mol. The van der Waals surface area contributed by atoms with Crippen molar-refractivity contribution < 1.29 is 9.53 Å². The molecule has 0 amide bonds. The molecule has 0 heterocycles. The van der Waals surface area contributed by atoms with Crippen molar-refractivity contribution in [2.45, 2.75) is 26.7 Å². The Bertz CT molecular complexity index is 981. The van der Waals surface area contributed by atoms with E-state index in [1.165, 1.54) is 6.08 Å². The van der Waals surface area contributed by atoms with E-state index in [1.54, 1.807) is 0 Å². The molecule has 0 N–H and O–H groups in total. The number of hydrogen-bond acceptors (Lipinski definition) is 2. The van der Waals surface area contributed by atoms with Gasteiger partial charge in [-0.1, -0.05) is 72.2 Å². The van der Waals surface area contributed by atoms with Gasteiger partial charge >= 0.3 is 5.97 Å². The van der Waals surface area contributed by atoms with Gasteiger partial charge in [0.1, 0.15) is 5.75 Å². The van der Waals surface area contributed by atoms with Gasteiger partial charge in [-0.15, -0.1) is 0 Å². The lowest BCUT2D eigenvalue weighted by Gasteiger charge is -2.14. The lowest BCUT2D eigenvalue weighted by Crippen LogP contribution is -2.07. The van der Waals surface area contributed by atoms with Crippen molar-refractivity contribution in [2.75, 3.05) is 0 Å². The van der Waals surface area contributed by atoms with Crippen LogP contribution in [0, 0.1) is 6.92 Å². The topological polar surface area (TPSA) is 26.3 Å². The predicted molar refractivity (Wildman–Crippen MR) is 112 cm³/mol. The Hall–Kier alpha value is -2.39. The van der Waals surface area contributed by atoms with E-state index in [-0.39, 0.29) is 11.9 Å². The number of halogens is 1. The summed E-state index contributed by atoms with van der Waals surface area (Å²) in [6.07, 6.45) is 3.30. The molecule has 3 aromatic rings. The van der Waals surface area contributed by atoms with Crippen LogP contribution in [0.4, 0.5) is 0 Å². The van der Waals surface area contributed by atoms with E-state index in [9.17, 15) is 4.79 Å². The summed E-state index contributed by atoms with van der Waals surface area (Å²) < 4.78 is 6.65. The van der Waals surface area contributed by atoms with Crippen LogP contribution in [0.5, 0.6) is 5.75 Å². The third-order valence-electron chi connectivity index (χ3n) is 4.35. The molecule has 2 nitrogen and oxygen atoms in total. The second-order valence-corrected chi connectivity index (χ2v) is 7.47. The molecule has 0 radical (unpaired) electrons. The maximum Gasteiger partial charge on any atom is 0.336 e. The average Bonchev–Trinajstić information content (AvgIpc) is 2.62. The molecule has 3 heteroatoms. The minimum Gasteiger partial charge on any atom is -0.423 e. The smallest absolute Gasteiger partial charge is 0.336 e. The number of benzene rings is 3. The van der Waals surface area contributed by atoms with E-state index in [1.807, 2.05) is 49.4 Å². The van der Waals surface area contributed by atoms with E-state index >= 15 is 0 Å². The third kappa shape index (κ3) is 4.05. The molecule has 3 rings (SSSR count). The zero-order valence-electron chi connectivity index (χ0n) is 15.1. The van der Waals surface area contributed by atoms with Gasteiger partial charge in [0.2, 0.25) is 0 Å². The molecule has 132 valence electrons. The molecule has 0 bridgehead atoms. The van der Waals surface area contributed by atoms with Gasteiger partial charge in [0.05, 0.1) is 0 Å². The van der Waals surface area contributed by atoms with Gasteiger partial charge in [0, 0.05) is 10.5 Å². The summed E-state index contributed by atoms with van der Waals surface area (Å²) in [5, 5.41) is 2.26. The minimum atomic E-state index is -0.374. The van der Waals surface area contributed by atoms with Crippen LogP contribution < -0.4 is 4.74 Å². The standard InChI is InChI=1S/C23H21BrO2/c1-15(2)20-14-21(24)16(3)13-22(20)26-23(25)12-11-18-9-6-8-17-7-4-5-10-19(17)18/h4-15H,1-3H3. The third-order valence-corrected chi connectivity index (χ3v) is 5.20. The largest absolute Gasteiger partial charge is 0.423 e. The molecule has 0 spiro atoms. The van der Waals surface area contributed by atoms with E-state index in [2.05, 4.69) is 48.0 Å². The fourth-order valence-corrected chi connectivity index (χ4v) is 3.27. The van der Waals surface area contributed by atoms with Crippen LogP contribution in [0.25, 0.3) is 16.8 Å². The number of carbonyl (C=O) groups is 1. The van der Waals surface area contributed by atoms with Crippen molar-refractivity contribution in [1.29, 1.82) is 0 Å². The summed E-state index contributed by atoms with van der Waals surface area (Å²) in [4.78, 5) is 12.4. The van der Waals surface area contributed by atoms with Crippen molar-refractivity contribution in [3.63, 3.8) is 0 Å². The minimum absolute atomic E-state index is 0.261. The van der Waals surface area contributed by atoms with Crippen LogP contribution in [0.3, 0.4) is 0 Å². The van der Waals surface area contributed by atoms with Crippen LogP contribution in [-0.4, -0.2) is 5.97 Å². The molecule has 0 aliphatic rings. The molecule has 0 aliphatic heterocycles. The zero-order chi connectivity index (χ0) is 18.7. The Morgan fingerprint density at radius 3 is 2.58 bits per heavy atom. The number of aryl methyl sites for hydroxylation is 1. The fraction of sp³-hybridized carbons (Fsp3) is 0.174. The highest BCUT2D eigenvalue weighted by Crippen LogP contribution is 2.32. The molecule has 0 unspecified atom stereocenters. The number of carbonyl (C=O) groups excluding carboxylic acids is 1. The summed E-state index contributed by atoms with van der Waals surface area (Å²) in [5.74, 6) is 0.506. The van der Waals surface area contributed by atoms with Crippen molar-refractivity contribution in [1.82, 2.24) is 0 Å². The summed E-state index contributed by atoms with van der Waals surface area (Å²) >= 11 is 3.54. The SMILES string of the molecule is Cc1cc(OC(=O)C=Cc2cccc3ccccc23)c(C(C)C)cc1Br. The van der Waals surface area contributed by atoms with E-state index < -0.39 is 0 Å². The van der Waals surface area contributed by atoms with E-state index in [4.69, 9.17) is 4.74 Å². The molecule has 0 atom stereocenters. The Labute approximate surface area is 162 Å². The first kappa shape index (κ1) is 18.4.